The third kappa shape index (κ3) is 59.5. The van der Waals surface area contributed by atoms with Gasteiger partial charge >= 0.3 is 39.5 Å². The number of ether oxygens (including phenoxy) is 4. The van der Waals surface area contributed by atoms with Crippen molar-refractivity contribution >= 4 is 39.5 Å². The molecule has 6 atom stereocenters. The van der Waals surface area contributed by atoms with Crippen molar-refractivity contribution in [3.63, 3.8) is 0 Å². The number of carbonyl (C=O) groups is 4. The molecule has 0 rings (SSSR count). The molecule has 0 bridgehead atoms. The lowest BCUT2D eigenvalue weighted by Crippen LogP contribution is -2.30. The van der Waals surface area contributed by atoms with Gasteiger partial charge in [0.05, 0.1) is 26.4 Å². The van der Waals surface area contributed by atoms with E-state index < -0.39 is 97.5 Å². The van der Waals surface area contributed by atoms with Gasteiger partial charge in [-0.3, -0.25) is 37.3 Å². The van der Waals surface area contributed by atoms with Crippen molar-refractivity contribution in [1.82, 2.24) is 0 Å². The fourth-order valence-electron chi connectivity index (χ4n) is 9.75. The van der Waals surface area contributed by atoms with Crippen LogP contribution in [0.1, 0.15) is 319 Å². The van der Waals surface area contributed by atoms with E-state index in [1.807, 2.05) is 0 Å². The van der Waals surface area contributed by atoms with E-state index in [1.54, 1.807) is 0 Å². The van der Waals surface area contributed by atoms with Crippen LogP contribution in [0.4, 0.5) is 0 Å². The lowest BCUT2D eigenvalue weighted by Gasteiger charge is -2.21. The summed E-state index contributed by atoms with van der Waals surface area (Å²) in [5.74, 6) is 0.766. The molecule has 3 N–H and O–H groups in total. The van der Waals surface area contributed by atoms with Gasteiger partial charge in [-0.15, -0.1) is 0 Å². The lowest BCUT2D eigenvalue weighted by atomic mass is 10.00. The molecule has 19 heteroatoms. The number of rotatable bonds is 63. The standard InChI is InChI=1S/C66H128O17P2/c1-9-59(8)45-37-29-23-25-31-39-47-64(69)77-53-62(82-65(70)48-40-32-20-15-13-11-10-12-14-18-26-34-42-56(2)3)55-81-85(74,75)79-51-60(67)50-78-84(72,73)80-54-61(52-76-63(68)46-38-30-24-22-28-36-44-58(6)7)83-66(71)49-41-33-21-17-16-19-27-35-43-57(4)5/h56-62,67H,9-55H2,1-8H3,(H,72,73)(H,74,75)/t59?,60-,61-,62-/m1/s1. The Morgan fingerprint density at radius 2 is 0.565 bits per heavy atom. The van der Waals surface area contributed by atoms with Crippen LogP contribution in [0.25, 0.3) is 0 Å². The number of unbranched alkanes of at least 4 members (excludes halogenated alkanes) is 28. The van der Waals surface area contributed by atoms with Crippen LogP contribution in [0.2, 0.25) is 0 Å². The van der Waals surface area contributed by atoms with E-state index >= 15 is 0 Å². The van der Waals surface area contributed by atoms with E-state index in [4.69, 9.17) is 37.0 Å². The number of hydrogen-bond acceptors (Lipinski definition) is 15. The Hall–Kier alpha value is -1.94. The minimum atomic E-state index is -4.95. The first kappa shape index (κ1) is 83.1. The van der Waals surface area contributed by atoms with Crippen LogP contribution in [0, 0.1) is 23.7 Å². The van der Waals surface area contributed by atoms with Crippen LogP contribution in [0.3, 0.4) is 0 Å². The van der Waals surface area contributed by atoms with Crippen molar-refractivity contribution < 1.29 is 80.2 Å². The minimum Gasteiger partial charge on any atom is -0.462 e. The molecule has 17 nitrogen and oxygen atoms in total. The zero-order chi connectivity index (χ0) is 63.2. The Balaban J connectivity index is 5.24. The highest BCUT2D eigenvalue weighted by Crippen LogP contribution is 2.45. The van der Waals surface area contributed by atoms with Gasteiger partial charge in [-0.1, -0.05) is 267 Å². The Morgan fingerprint density at radius 3 is 0.835 bits per heavy atom. The summed E-state index contributed by atoms with van der Waals surface area (Å²) in [7, 11) is -9.89. The van der Waals surface area contributed by atoms with Crippen molar-refractivity contribution in [2.75, 3.05) is 39.6 Å². The topological polar surface area (TPSA) is 237 Å². The van der Waals surface area contributed by atoms with Crippen molar-refractivity contribution in [2.45, 2.75) is 337 Å². The van der Waals surface area contributed by atoms with Crippen LogP contribution in [-0.4, -0.2) is 96.7 Å². The highest BCUT2D eigenvalue weighted by Gasteiger charge is 2.30. The van der Waals surface area contributed by atoms with Crippen LogP contribution in [0.5, 0.6) is 0 Å². The second kappa shape index (κ2) is 56.1. The smallest absolute Gasteiger partial charge is 0.462 e. The quantitative estimate of drug-likeness (QED) is 0.0222. The minimum absolute atomic E-state index is 0.103. The molecule has 85 heavy (non-hydrogen) atoms. The summed E-state index contributed by atoms with van der Waals surface area (Å²) >= 11 is 0. The molecule has 3 unspecified atom stereocenters. The van der Waals surface area contributed by atoms with E-state index in [0.29, 0.717) is 31.6 Å². The first-order valence-corrected chi connectivity index (χ1v) is 37.2. The monoisotopic (exact) mass is 1250 g/mol. The molecule has 0 aliphatic carbocycles. The number of phosphoric acid groups is 2. The average molecular weight is 1260 g/mol. The second-order valence-corrected chi connectivity index (χ2v) is 28.4. The summed E-state index contributed by atoms with van der Waals surface area (Å²) in [6, 6.07) is 0. The normalized spacial score (nSPS) is 14.7. The summed E-state index contributed by atoms with van der Waals surface area (Å²) in [6.07, 6.45) is 36.4. The summed E-state index contributed by atoms with van der Waals surface area (Å²) < 4.78 is 68.1. The van der Waals surface area contributed by atoms with Crippen LogP contribution in [0.15, 0.2) is 0 Å². The number of aliphatic hydroxyl groups excluding tert-OH is 1. The molecular weight excluding hydrogens is 1130 g/mol. The summed E-state index contributed by atoms with van der Waals surface area (Å²) in [5, 5.41) is 10.5. The Kier molecular flexibility index (Phi) is 54.8. The highest BCUT2D eigenvalue weighted by molar-refractivity contribution is 7.47. The zero-order valence-electron chi connectivity index (χ0n) is 55.2. The zero-order valence-corrected chi connectivity index (χ0v) is 57.0. The predicted octanol–water partition coefficient (Wildman–Crippen LogP) is 18.1. The number of aliphatic hydroxyl groups is 1. The molecule has 0 aromatic carbocycles. The van der Waals surface area contributed by atoms with Crippen molar-refractivity contribution in [3.05, 3.63) is 0 Å². The molecule has 0 fully saturated rings. The third-order valence-electron chi connectivity index (χ3n) is 15.4. The Bertz CT molecular complexity index is 1700. The molecule has 504 valence electrons. The molecule has 0 radical (unpaired) electrons. The molecular formula is C66H128O17P2. The molecule has 0 amide bonds. The number of phosphoric ester groups is 2. The Morgan fingerprint density at radius 1 is 0.329 bits per heavy atom. The molecule has 0 spiro atoms. The molecule has 0 aliphatic rings. The van der Waals surface area contributed by atoms with Crippen molar-refractivity contribution in [1.29, 1.82) is 0 Å². The fraction of sp³-hybridized carbons (Fsp3) is 0.939. The maximum Gasteiger partial charge on any atom is 0.472 e. The number of carbonyl (C=O) groups excluding carboxylic acids is 4. The highest BCUT2D eigenvalue weighted by atomic mass is 31.2. The van der Waals surface area contributed by atoms with Crippen LogP contribution in [-0.2, 0) is 65.4 Å². The lowest BCUT2D eigenvalue weighted by molar-refractivity contribution is -0.161. The van der Waals surface area contributed by atoms with Crippen LogP contribution < -0.4 is 0 Å². The van der Waals surface area contributed by atoms with Gasteiger partial charge in [-0.05, 0) is 49.4 Å². The van der Waals surface area contributed by atoms with E-state index in [9.17, 15) is 43.2 Å². The Labute approximate surface area is 517 Å². The number of esters is 4. The fourth-order valence-corrected chi connectivity index (χ4v) is 11.3. The van der Waals surface area contributed by atoms with Gasteiger partial charge < -0.3 is 33.8 Å². The van der Waals surface area contributed by atoms with Gasteiger partial charge in [0, 0.05) is 25.7 Å². The maximum atomic E-state index is 13.0. The van der Waals surface area contributed by atoms with Gasteiger partial charge in [0.15, 0.2) is 12.2 Å². The van der Waals surface area contributed by atoms with Gasteiger partial charge in [0.2, 0.25) is 0 Å². The maximum absolute atomic E-state index is 13.0. The van der Waals surface area contributed by atoms with Gasteiger partial charge in [-0.2, -0.15) is 0 Å². The molecule has 0 aromatic rings. The van der Waals surface area contributed by atoms with Gasteiger partial charge in [-0.25, -0.2) is 9.13 Å². The van der Waals surface area contributed by atoms with Crippen molar-refractivity contribution in [2.24, 2.45) is 23.7 Å². The average Bonchev–Trinajstić information content (AvgIpc) is 3.54. The van der Waals surface area contributed by atoms with E-state index in [1.165, 1.54) is 109 Å². The van der Waals surface area contributed by atoms with Gasteiger partial charge in [0.1, 0.15) is 19.3 Å². The third-order valence-corrected chi connectivity index (χ3v) is 17.3. The summed E-state index contributed by atoms with van der Waals surface area (Å²) in [4.78, 5) is 72.3. The largest absolute Gasteiger partial charge is 0.472 e. The van der Waals surface area contributed by atoms with E-state index in [-0.39, 0.29) is 25.7 Å². The second-order valence-electron chi connectivity index (χ2n) is 25.5. The summed E-state index contributed by atoms with van der Waals surface area (Å²) in [6.45, 7) is 14.0. The number of hydrogen-bond donors (Lipinski definition) is 3. The molecule has 0 heterocycles. The predicted molar refractivity (Wildman–Crippen MR) is 340 cm³/mol. The van der Waals surface area contributed by atoms with Gasteiger partial charge in [0.25, 0.3) is 0 Å². The van der Waals surface area contributed by atoms with E-state index in [2.05, 4.69) is 55.4 Å². The first-order chi connectivity index (χ1) is 40.6. The SMILES string of the molecule is CCC(C)CCCCCCCCC(=O)OC[C@H](COP(=O)(O)OC[C@H](O)COP(=O)(O)OC[C@@H](COC(=O)CCCCCCCCC(C)C)OC(=O)CCCCCCCCCCC(C)C)OC(=O)CCCCCCCCCCCCCCC(C)C. The molecule has 0 saturated carbocycles. The first-order valence-electron chi connectivity index (χ1n) is 34.2. The molecule has 0 saturated heterocycles. The molecule has 0 aromatic heterocycles. The van der Waals surface area contributed by atoms with Crippen molar-refractivity contribution in [3.8, 4) is 0 Å². The summed E-state index contributed by atoms with van der Waals surface area (Å²) in [5.41, 5.74) is 0. The van der Waals surface area contributed by atoms with Crippen LogP contribution >= 0.6 is 15.6 Å². The molecule has 0 aliphatic heterocycles. The van der Waals surface area contributed by atoms with E-state index in [0.717, 1.165) is 120 Å².